The minimum Gasteiger partial charge on any atom is -0.347 e. The number of Topliss-reactive ketones (excluding diaryl/α,β-unsaturated/α-hetero) is 1. The Morgan fingerprint density at radius 1 is 1.40 bits per heavy atom. The van der Waals surface area contributed by atoms with Crippen molar-refractivity contribution in [1.29, 1.82) is 0 Å². The van der Waals surface area contributed by atoms with E-state index in [1.54, 1.807) is 14.0 Å². The van der Waals surface area contributed by atoms with E-state index in [9.17, 15) is 14.4 Å². The monoisotopic (exact) mass is 281 g/mol. The van der Waals surface area contributed by atoms with Crippen molar-refractivity contribution in [3.63, 3.8) is 0 Å². The number of imide groups is 1. The number of carbonyl (C=O) groups excluding carboxylic acids is 3. The van der Waals surface area contributed by atoms with E-state index < -0.39 is 16.5 Å². The van der Waals surface area contributed by atoms with E-state index in [1.807, 2.05) is 6.92 Å². The highest BCUT2D eigenvalue weighted by Gasteiger charge is 2.53. The molecule has 0 saturated heterocycles. The van der Waals surface area contributed by atoms with Crippen LogP contribution in [0.1, 0.15) is 41.2 Å². The molecule has 2 rings (SSSR count). The van der Waals surface area contributed by atoms with Crippen LogP contribution in [0.4, 0.5) is 10.6 Å². The van der Waals surface area contributed by atoms with Gasteiger partial charge in [0.05, 0.1) is 0 Å². The maximum Gasteiger partial charge on any atom is 0.451 e. The summed E-state index contributed by atoms with van der Waals surface area (Å²) in [5.74, 6) is -0.861. The Labute approximate surface area is 115 Å². The molecule has 0 bridgehead atoms. The van der Waals surface area contributed by atoms with Crippen LogP contribution in [0.15, 0.2) is 4.52 Å². The SMILES string of the molecule is CCN[N+]1(C)C(=O)N(C)C(=O)c2c1noc2C(=O)CC. The number of amides is 3. The molecule has 0 fully saturated rings. The summed E-state index contributed by atoms with van der Waals surface area (Å²) in [5, 5.41) is 3.78. The first-order valence-electron chi connectivity index (χ1n) is 6.36. The van der Waals surface area contributed by atoms with E-state index >= 15 is 0 Å². The fraction of sp³-hybridized carbons (Fsp3) is 0.500. The quantitative estimate of drug-likeness (QED) is 0.652. The first kappa shape index (κ1) is 14.4. The summed E-state index contributed by atoms with van der Waals surface area (Å²) in [6.07, 6.45) is 0.192. The Bertz CT molecular complexity index is 594. The third-order valence-corrected chi connectivity index (χ3v) is 3.33. The fourth-order valence-corrected chi connectivity index (χ4v) is 2.23. The Kier molecular flexibility index (Phi) is 3.45. The first-order valence-corrected chi connectivity index (χ1v) is 6.36. The number of hydrogen-bond donors (Lipinski definition) is 1. The molecule has 8 heteroatoms. The van der Waals surface area contributed by atoms with Crippen LogP contribution in [0.3, 0.4) is 0 Å². The van der Waals surface area contributed by atoms with Crippen LogP contribution in [0, 0.1) is 0 Å². The van der Waals surface area contributed by atoms with Gasteiger partial charge in [-0.1, -0.05) is 6.92 Å². The number of nitrogens with one attached hydrogen (secondary N) is 1. The van der Waals surface area contributed by atoms with E-state index in [1.165, 1.54) is 7.05 Å². The number of urea groups is 1. The van der Waals surface area contributed by atoms with Gasteiger partial charge in [0, 0.05) is 20.0 Å². The zero-order valence-corrected chi connectivity index (χ0v) is 11.9. The highest BCUT2D eigenvalue weighted by atomic mass is 16.5. The van der Waals surface area contributed by atoms with Crippen LogP contribution >= 0.6 is 0 Å². The van der Waals surface area contributed by atoms with Crippen LogP contribution in [0.2, 0.25) is 0 Å². The molecule has 20 heavy (non-hydrogen) atoms. The normalized spacial score (nSPS) is 22.1. The topological polar surface area (TPSA) is 92.5 Å². The summed E-state index contributed by atoms with van der Waals surface area (Å²) in [5.41, 5.74) is 3.01. The van der Waals surface area contributed by atoms with Crippen molar-refractivity contribution < 1.29 is 18.9 Å². The molecule has 1 aliphatic rings. The highest BCUT2D eigenvalue weighted by Crippen LogP contribution is 2.33. The summed E-state index contributed by atoms with van der Waals surface area (Å²) >= 11 is 0. The minimum atomic E-state index is -0.573. The van der Waals surface area contributed by atoms with Crippen LogP contribution in [-0.2, 0) is 0 Å². The molecule has 0 radical (unpaired) electrons. The number of ketones is 1. The summed E-state index contributed by atoms with van der Waals surface area (Å²) in [4.78, 5) is 37.3. The molecule has 8 nitrogen and oxygen atoms in total. The van der Waals surface area contributed by atoms with Crippen molar-refractivity contribution in [2.45, 2.75) is 20.3 Å². The summed E-state index contributed by atoms with van der Waals surface area (Å²) in [7, 11) is 2.94. The molecular weight excluding hydrogens is 264 g/mol. The molecule has 1 aromatic rings. The van der Waals surface area contributed by atoms with Gasteiger partial charge in [-0.05, 0) is 12.1 Å². The Morgan fingerprint density at radius 2 is 2.05 bits per heavy atom. The van der Waals surface area contributed by atoms with Crippen LogP contribution < -0.4 is 10.0 Å². The van der Waals surface area contributed by atoms with Gasteiger partial charge in [0.25, 0.3) is 5.91 Å². The van der Waals surface area contributed by atoms with E-state index in [2.05, 4.69) is 10.6 Å². The van der Waals surface area contributed by atoms with Gasteiger partial charge < -0.3 is 4.52 Å². The lowest BCUT2D eigenvalue weighted by molar-refractivity contribution is 0.0745. The van der Waals surface area contributed by atoms with E-state index in [0.717, 1.165) is 4.90 Å². The summed E-state index contributed by atoms with van der Waals surface area (Å²) in [6.45, 7) is 3.97. The zero-order chi connectivity index (χ0) is 15.1. The molecule has 1 N–H and O–H groups in total. The van der Waals surface area contributed by atoms with Gasteiger partial charge in [-0.3, -0.25) is 9.59 Å². The minimum absolute atomic E-state index is 0.0578. The second kappa shape index (κ2) is 4.80. The van der Waals surface area contributed by atoms with Gasteiger partial charge in [0.15, 0.2) is 5.56 Å². The lowest BCUT2D eigenvalue weighted by Gasteiger charge is -2.34. The Morgan fingerprint density at radius 3 is 2.60 bits per heavy atom. The molecule has 0 spiro atoms. The largest absolute Gasteiger partial charge is 0.451 e. The second-order valence-electron chi connectivity index (χ2n) is 4.65. The number of nitrogens with zero attached hydrogens (tertiary/aromatic N) is 3. The molecule has 3 amide bonds. The number of quaternary nitrogens is 1. The molecule has 108 valence electrons. The van der Waals surface area contributed by atoms with Crippen molar-refractivity contribution in [2.24, 2.45) is 0 Å². The van der Waals surface area contributed by atoms with E-state index in [4.69, 9.17) is 4.52 Å². The molecule has 0 aliphatic carbocycles. The molecule has 1 aromatic heterocycles. The van der Waals surface area contributed by atoms with Crippen molar-refractivity contribution in [2.75, 3.05) is 20.6 Å². The molecule has 0 aromatic carbocycles. The summed E-state index contributed by atoms with van der Waals surface area (Å²) in [6, 6.07) is -0.479. The average Bonchev–Trinajstić information content (AvgIpc) is 2.88. The molecule has 1 aliphatic heterocycles. The summed E-state index contributed by atoms with van der Waals surface area (Å²) < 4.78 is 4.62. The highest BCUT2D eigenvalue weighted by molar-refractivity contribution is 6.17. The maximum absolute atomic E-state index is 12.3. The van der Waals surface area contributed by atoms with E-state index in [-0.39, 0.29) is 29.3 Å². The molecule has 0 saturated carbocycles. The van der Waals surface area contributed by atoms with Gasteiger partial charge in [0.1, 0.15) is 7.05 Å². The molecule has 1 atom stereocenters. The first-order chi connectivity index (χ1) is 9.38. The Balaban J connectivity index is 2.67. The van der Waals surface area contributed by atoms with Gasteiger partial charge in [-0.15, -0.1) is 4.59 Å². The van der Waals surface area contributed by atoms with E-state index in [0.29, 0.717) is 6.54 Å². The van der Waals surface area contributed by atoms with Crippen LogP contribution in [0.5, 0.6) is 0 Å². The number of carbonyl (C=O) groups is 3. The molecular formula is C12H17N4O4+. The van der Waals surface area contributed by atoms with Crippen molar-refractivity contribution >= 4 is 23.5 Å². The second-order valence-corrected chi connectivity index (χ2v) is 4.65. The van der Waals surface area contributed by atoms with Gasteiger partial charge in [-0.2, -0.15) is 5.43 Å². The van der Waals surface area contributed by atoms with Crippen molar-refractivity contribution in [1.82, 2.24) is 20.1 Å². The lowest BCUT2D eigenvalue weighted by atomic mass is 10.1. The fourth-order valence-electron chi connectivity index (χ4n) is 2.23. The molecule has 2 heterocycles. The van der Waals surface area contributed by atoms with Gasteiger partial charge >= 0.3 is 11.8 Å². The third kappa shape index (κ3) is 1.76. The van der Waals surface area contributed by atoms with Crippen molar-refractivity contribution in [3.8, 4) is 0 Å². The maximum atomic E-state index is 12.3. The lowest BCUT2D eigenvalue weighted by Crippen LogP contribution is -2.68. The number of rotatable bonds is 4. The Hall–Kier alpha value is -2.06. The average molecular weight is 281 g/mol. The van der Waals surface area contributed by atoms with Gasteiger partial charge in [0.2, 0.25) is 11.5 Å². The van der Waals surface area contributed by atoms with Crippen LogP contribution in [-0.4, -0.2) is 48.4 Å². The van der Waals surface area contributed by atoms with Gasteiger partial charge in [-0.25, -0.2) is 9.69 Å². The smallest absolute Gasteiger partial charge is 0.347 e. The van der Waals surface area contributed by atoms with Crippen molar-refractivity contribution in [3.05, 3.63) is 11.3 Å². The third-order valence-electron chi connectivity index (χ3n) is 3.33. The number of aromatic nitrogens is 1. The predicted molar refractivity (Wildman–Crippen MR) is 70.0 cm³/mol. The predicted octanol–water partition coefficient (Wildman–Crippen LogP) is 0.934. The molecule has 1 unspecified atom stereocenters. The number of hydrogen-bond acceptors (Lipinski definition) is 6. The van der Waals surface area contributed by atoms with Crippen LogP contribution in [0.25, 0.3) is 0 Å². The number of fused-ring (bicyclic) bond motifs is 1. The standard InChI is InChI=1S/C12H17N4O4/c1-5-7(17)9-8-10(14-20-9)16(4,13-6-2)12(19)15(3)11(8)18/h13H,5-6H2,1-4H3/q+1. The zero-order valence-electron chi connectivity index (χ0n) is 11.9.